The number of likely N-dealkylation sites (N-methyl/N-ethyl adjacent to an activating group) is 2. The van der Waals surface area contributed by atoms with Crippen molar-refractivity contribution < 1.29 is 24.5 Å². The molecule has 0 heterocycles. The standard InChI is InChI=1S/C10H20N2O5/c1-4-12(6-9(14)15)10(16)11(2)5-8(13)7-17-3/h8,13H,4-7H2,1-3H3,(H,14,15). The van der Waals surface area contributed by atoms with E-state index in [1.165, 1.54) is 24.0 Å². The van der Waals surface area contributed by atoms with E-state index in [4.69, 9.17) is 9.84 Å². The number of carboxylic acid groups (broad SMARTS) is 1. The molecule has 7 nitrogen and oxygen atoms in total. The van der Waals surface area contributed by atoms with E-state index in [0.29, 0.717) is 6.54 Å². The highest BCUT2D eigenvalue weighted by molar-refractivity contribution is 5.80. The van der Waals surface area contributed by atoms with Crippen LogP contribution >= 0.6 is 0 Å². The van der Waals surface area contributed by atoms with Crippen LogP contribution in [0.1, 0.15) is 6.92 Å². The van der Waals surface area contributed by atoms with Crippen LogP contribution in [0.5, 0.6) is 0 Å². The molecule has 0 radical (unpaired) electrons. The lowest BCUT2D eigenvalue weighted by Gasteiger charge is -2.27. The molecular weight excluding hydrogens is 228 g/mol. The minimum atomic E-state index is -1.06. The zero-order valence-corrected chi connectivity index (χ0v) is 10.4. The summed E-state index contributed by atoms with van der Waals surface area (Å²) in [6.45, 7) is 1.88. The molecular formula is C10H20N2O5. The number of carboxylic acids is 1. The Labute approximate surface area is 101 Å². The van der Waals surface area contributed by atoms with E-state index < -0.39 is 18.1 Å². The summed E-state index contributed by atoms with van der Waals surface area (Å²) in [5.74, 6) is -1.06. The fraction of sp³-hybridized carbons (Fsp3) is 0.800. The highest BCUT2D eigenvalue weighted by Crippen LogP contribution is 1.99. The van der Waals surface area contributed by atoms with Crippen molar-refractivity contribution in [2.75, 3.05) is 40.4 Å². The maximum absolute atomic E-state index is 11.8. The van der Waals surface area contributed by atoms with Crippen LogP contribution in [-0.2, 0) is 9.53 Å². The minimum Gasteiger partial charge on any atom is -0.480 e. The molecule has 0 rings (SSSR count). The number of carbonyl (C=O) groups excluding carboxylic acids is 1. The second-order valence-corrected chi connectivity index (χ2v) is 3.68. The van der Waals surface area contributed by atoms with Crippen molar-refractivity contribution in [1.29, 1.82) is 0 Å². The first-order valence-electron chi connectivity index (χ1n) is 5.31. The maximum Gasteiger partial charge on any atom is 0.323 e. The first-order chi connectivity index (χ1) is 7.92. The van der Waals surface area contributed by atoms with Crippen LogP contribution < -0.4 is 0 Å². The quantitative estimate of drug-likeness (QED) is 0.631. The van der Waals surface area contributed by atoms with Gasteiger partial charge in [0, 0.05) is 20.7 Å². The first-order valence-corrected chi connectivity index (χ1v) is 5.31. The Balaban J connectivity index is 4.30. The van der Waals surface area contributed by atoms with Gasteiger partial charge in [-0.25, -0.2) is 4.79 Å². The summed E-state index contributed by atoms with van der Waals surface area (Å²) >= 11 is 0. The molecule has 0 aromatic rings. The molecule has 0 aromatic carbocycles. The summed E-state index contributed by atoms with van der Waals surface area (Å²) < 4.78 is 4.74. The molecule has 0 bridgehead atoms. The Morgan fingerprint density at radius 1 is 1.41 bits per heavy atom. The molecule has 0 aliphatic carbocycles. The van der Waals surface area contributed by atoms with Gasteiger partial charge in [-0.1, -0.05) is 0 Å². The van der Waals surface area contributed by atoms with E-state index in [9.17, 15) is 14.7 Å². The third kappa shape index (κ3) is 6.08. The van der Waals surface area contributed by atoms with Gasteiger partial charge in [-0.2, -0.15) is 0 Å². The first kappa shape index (κ1) is 15.7. The number of ether oxygens (including phenoxy) is 1. The topological polar surface area (TPSA) is 90.3 Å². The molecule has 2 amide bonds. The lowest BCUT2D eigenvalue weighted by atomic mass is 10.3. The maximum atomic E-state index is 11.8. The Morgan fingerprint density at radius 3 is 2.41 bits per heavy atom. The Bertz CT molecular complexity index is 259. The second-order valence-electron chi connectivity index (χ2n) is 3.68. The number of nitrogens with zero attached hydrogens (tertiary/aromatic N) is 2. The molecule has 1 unspecified atom stereocenters. The molecule has 1 atom stereocenters. The van der Waals surface area contributed by atoms with E-state index >= 15 is 0 Å². The molecule has 17 heavy (non-hydrogen) atoms. The van der Waals surface area contributed by atoms with Crippen molar-refractivity contribution in [1.82, 2.24) is 9.80 Å². The van der Waals surface area contributed by atoms with Crippen molar-refractivity contribution in [2.45, 2.75) is 13.0 Å². The summed E-state index contributed by atoms with van der Waals surface area (Å²) in [4.78, 5) is 24.8. The summed E-state index contributed by atoms with van der Waals surface area (Å²) in [5, 5.41) is 18.1. The summed E-state index contributed by atoms with van der Waals surface area (Å²) in [6, 6.07) is -0.426. The van der Waals surface area contributed by atoms with E-state index in [0.717, 1.165) is 0 Å². The van der Waals surface area contributed by atoms with Crippen LogP contribution in [0, 0.1) is 0 Å². The predicted molar refractivity (Wildman–Crippen MR) is 60.8 cm³/mol. The van der Waals surface area contributed by atoms with Crippen LogP contribution in [0.4, 0.5) is 4.79 Å². The van der Waals surface area contributed by atoms with Gasteiger partial charge in [0.2, 0.25) is 0 Å². The van der Waals surface area contributed by atoms with Crippen molar-refractivity contribution in [2.24, 2.45) is 0 Å². The number of aliphatic hydroxyl groups excluding tert-OH is 1. The van der Waals surface area contributed by atoms with Gasteiger partial charge >= 0.3 is 12.0 Å². The van der Waals surface area contributed by atoms with Crippen molar-refractivity contribution in [3.8, 4) is 0 Å². The number of urea groups is 1. The predicted octanol–water partition coefficient (Wildman–Crippen LogP) is -0.548. The zero-order valence-electron chi connectivity index (χ0n) is 10.4. The summed E-state index contributed by atoms with van der Waals surface area (Å²) in [5.41, 5.74) is 0. The van der Waals surface area contributed by atoms with Crippen LogP contribution in [0.2, 0.25) is 0 Å². The molecule has 0 spiro atoms. The number of rotatable bonds is 7. The third-order valence-electron chi connectivity index (χ3n) is 2.15. The van der Waals surface area contributed by atoms with Gasteiger partial charge in [-0.3, -0.25) is 4.79 Å². The average Bonchev–Trinajstić information content (AvgIpc) is 2.24. The van der Waals surface area contributed by atoms with E-state index in [2.05, 4.69) is 0 Å². The van der Waals surface area contributed by atoms with Crippen LogP contribution in [0.15, 0.2) is 0 Å². The highest BCUT2D eigenvalue weighted by atomic mass is 16.5. The average molecular weight is 248 g/mol. The molecule has 7 heteroatoms. The molecule has 0 aliphatic rings. The lowest BCUT2D eigenvalue weighted by molar-refractivity contribution is -0.137. The van der Waals surface area contributed by atoms with Crippen molar-refractivity contribution in [3.63, 3.8) is 0 Å². The highest BCUT2D eigenvalue weighted by Gasteiger charge is 2.20. The fourth-order valence-electron chi connectivity index (χ4n) is 1.36. The molecule has 0 aromatic heterocycles. The van der Waals surface area contributed by atoms with E-state index in [1.807, 2.05) is 0 Å². The van der Waals surface area contributed by atoms with Crippen LogP contribution in [0.3, 0.4) is 0 Å². The van der Waals surface area contributed by atoms with E-state index in [-0.39, 0.29) is 19.7 Å². The van der Waals surface area contributed by atoms with Gasteiger partial charge in [0.25, 0.3) is 0 Å². The fourth-order valence-corrected chi connectivity index (χ4v) is 1.36. The van der Waals surface area contributed by atoms with Crippen molar-refractivity contribution in [3.05, 3.63) is 0 Å². The molecule has 2 N–H and O–H groups in total. The third-order valence-corrected chi connectivity index (χ3v) is 2.15. The van der Waals surface area contributed by atoms with Crippen molar-refractivity contribution >= 4 is 12.0 Å². The molecule has 100 valence electrons. The second kappa shape index (κ2) is 7.86. The van der Waals surface area contributed by atoms with Gasteiger partial charge in [-0.15, -0.1) is 0 Å². The largest absolute Gasteiger partial charge is 0.480 e. The van der Waals surface area contributed by atoms with Gasteiger partial charge in [0.05, 0.1) is 19.3 Å². The number of carbonyl (C=O) groups is 2. The molecule has 0 saturated carbocycles. The molecule has 0 saturated heterocycles. The summed E-state index contributed by atoms with van der Waals surface area (Å²) in [7, 11) is 2.96. The smallest absolute Gasteiger partial charge is 0.323 e. The molecule has 0 aliphatic heterocycles. The number of hydrogen-bond acceptors (Lipinski definition) is 4. The molecule has 0 fully saturated rings. The Hall–Kier alpha value is -1.34. The van der Waals surface area contributed by atoms with Gasteiger partial charge in [-0.05, 0) is 6.92 Å². The minimum absolute atomic E-state index is 0.1000. The lowest BCUT2D eigenvalue weighted by Crippen LogP contribution is -2.46. The number of methoxy groups -OCH3 is 1. The zero-order chi connectivity index (χ0) is 13.4. The van der Waals surface area contributed by atoms with Gasteiger partial charge in [0.15, 0.2) is 0 Å². The number of aliphatic carboxylic acids is 1. The number of hydrogen-bond donors (Lipinski definition) is 2. The summed E-state index contributed by atoms with van der Waals surface area (Å²) in [6.07, 6.45) is -0.780. The van der Waals surface area contributed by atoms with E-state index in [1.54, 1.807) is 6.92 Å². The Morgan fingerprint density at radius 2 is 2.00 bits per heavy atom. The normalized spacial score (nSPS) is 12.0. The number of amides is 2. The van der Waals surface area contributed by atoms with Gasteiger partial charge < -0.3 is 24.7 Å². The monoisotopic (exact) mass is 248 g/mol. The van der Waals surface area contributed by atoms with Gasteiger partial charge in [0.1, 0.15) is 6.54 Å². The van der Waals surface area contributed by atoms with Crippen LogP contribution in [0.25, 0.3) is 0 Å². The SMILES string of the molecule is CCN(CC(=O)O)C(=O)N(C)CC(O)COC. The number of aliphatic hydroxyl groups is 1. The van der Waals surface area contributed by atoms with Crippen LogP contribution in [-0.4, -0.2) is 78.5 Å². The Kier molecular flexibility index (Phi) is 7.24.